The summed E-state index contributed by atoms with van der Waals surface area (Å²) in [4.78, 5) is 4.38. The third-order valence-corrected chi connectivity index (χ3v) is 2.54. The molecule has 90 valence electrons. The van der Waals surface area contributed by atoms with Crippen molar-refractivity contribution in [2.24, 2.45) is 0 Å². The molecule has 0 aliphatic rings. The number of hydrogen-bond donors (Lipinski definition) is 1. The van der Waals surface area contributed by atoms with Gasteiger partial charge in [0.05, 0.1) is 0 Å². The first kappa shape index (κ1) is 11.8. The van der Waals surface area contributed by atoms with Crippen LogP contribution in [0.4, 0.5) is 0 Å². The molecular formula is C13H17N3O. The van der Waals surface area contributed by atoms with E-state index >= 15 is 0 Å². The fourth-order valence-corrected chi connectivity index (χ4v) is 1.81. The van der Waals surface area contributed by atoms with Crippen LogP contribution in [0.2, 0.25) is 0 Å². The number of likely N-dealkylation sites (N-methyl/N-ethyl adjacent to an activating group) is 1. The molecule has 2 rings (SSSR count). The average molecular weight is 231 g/mol. The molecule has 4 nitrogen and oxygen atoms in total. The van der Waals surface area contributed by atoms with Crippen LogP contribution in [0.5, 0.6) is 0 Å². The molecule has 0 fully saturated rings. The van der Waals surface area contributed by atoms with Gasteiger partial charge < -0.3 is 9.84 Å². The Morgan fingerprint density at radius 1 is 1.18 bits per heavy atom. The summed E-state index contributed by atoms with van der Waals surface area (Å²) in [6.07, 6.45) is 0.783. The van der Waals surface area contributed by atoms with Gasteiger partial charge in [-0.2, -0.15) is 4.98 Å². The molecule has 2 aromatic rings. The third kappa shape index (κ3) is 2.91. The zero-order chi connectivity index (χ0) is 12.3. The minimum absolute atomic E-state index is 0.600. The molecule has 1 N–H and O–H groups in total. The first-order chi connectivity index (χ1) is 8.19. The lowest BCUT2D eigenvalue weighted by Crippen LogP contribution is -2.10. The van der Waals surface area contributed by atoms with Crippen LogP contribution >= 0.6 is 0 Å². The SMILES string of the molecule is CNCCc1noc(-c2cc(C)cc(C)c2)n1. The van der Waals surface area contributed by atoms with Crippen molar-refractivity contribution in [1.82, 2.24) is 15.5 Å². The lowest BCUT2D eigenvalue weighted by atomic mass is 10.1. The maximum atomic E-state index is 5.27. The highest BCUT2D eigenvalue weighted by atomic mass is 16.5. The molecule has 4 heteroatoms. The molecule has 0 bridgehead atoms. The van der Waals surface area contributed by atoms with Gasteiger partial charge in [-0.15, -0.1) is 0 Å². The Morgan fingerprint density at radius 2 is 1.88 bits per heavy atom. The molecule has 0 spiro atoms. The van der Waals surface area contributed by atoms with Crippen LogP contribution in [0, 0.1) is 13.8 Å². The van der Waals surface area contributed by atoms with E-state index in [4.69, 9.17) is 4.52 Å². The van der Waals surface area contributed by atoms with Crippen LogP contribution in [0.25, 0.3) is 11.5 Å². The number of nitrogens with zero attached hydrogens (tertiary/aromatic N) is 2. The maximum absolute atomic E-state index is 5.27. The summed E-state index contributed by atoms with van der Waals surface area (Å²) in [7, 11) is 1.91. The second kappa shape index (κ2) is 5.10. The normalized spacial score (nSPS) is 10.8. The summed E-state index contributed by atoms with van der Waals surface area (Å²) in [5.74, 6) is 1.34. The average Bonchev–Trinajstić information content (AvgIpc) is 2.73. The van der Waals surface area contributed by atoms with E-state index in [9.17, 15) is 0 Å². The van der Waals surface area contributed by atoms with E-state index in [0.29, 0.717) is 5.89 Å². The van der Waals surface area contributed by atoms with E-state index < -0.39 is 0 Å². The third-order valence-electron chi connectivity index (χ3n) is 2.54. The Labute approximate surface area is 101 Å². The van der Waals surface area contributed by atoms with Gasteiger partial charge in [0.15, 0.2) is 5.82 Å². The lowest BCUT2D eigenvalue weighted by Gasteiger charge is -1.99. The highest BCUT2D eigenvalue weighted by Gasteiger charge is 2.09. The van der Waals surface area contributed by atoms with Crippen molar-refractivity contribution in [3.05, 3.63) is 35.2 Å². The molecule has 0 amide bonds. The number of hydrogen-bond acceptors (Lipinski definition) is 4. The zero-order valence-electron chi connectivity index (χ0n) is 10.4. The molecule has 1 aromatic carbocycles. The maximum Gasteiger partial charge on any atom is 0.257 e. The summed E-state index contributed by atoms with van der Waals surface area (Å²) in [6, 6.07) is 6.24. The Hall–Kier alpha value is -1.68. The van der Waals surface area contributed by atoms with Gasteiger partial charge in [-0.1, -0.05) is 22.3 Å². The standard InChI is InChI=1S/C13H17N3O/c1-9-6-10(2)8-11(7-9)13-15-12(16-17-13)4-5-14-3/h6-8,14H,4-5H2,1-3H3. The van der Waals surface area contributed by atoms with Gasteiger partial charge in [0.2, 0.25) is 0 Å². The van der Waals surface area contributed by atoms with Gasteiger partial charge in [0.25, 0.3) is 5.89 Å². The summed E-state index contributed by atoms with van der Waals surface area (Å²) < 4.78 is 5.27. The fraction of sp³-hybridized carbons (Fsp3) is 0.385. The molecule has 0 aliphatic heterocycles. The number of nitrogens with one attached hydrogen (secondary N) is 1. The molecule has 1 heterocycles. The lowest BCUT2D eigenvalue weighted by molar-refractivity contribution is 0.422. The molecule has 0 saturated carbocycles. The van der Waals surface area contributed by atoms with Crippen LogP contribution < -0.4 is 5.32 Å². The van der Waals surface area contributed by atoms with Crippen molar-refractivity contribution in [1.29, 1.82) is 0 Å². The Bertz CT molecular complexity index is 485. The molecule has 0 atom stereocenters. The van der Waals surface area contributed by atoms with E-state index in [-0.39, 0.29) is 0 Å². The van der Waals surface area contributed by atoms with E-state index in [0.717, 1.165) is 24.4 Å². The molecule has 1 aromatic heterocycles. The van der Waals surface area contributed by atoms with Crippen molar-refractivity contribution < 1.29 is 4.52 Å². The second-order valence-corrected chi connectivity index (χ2v) is 4.25. The molecule has 17 heavy (non-hydrogen) atoms. The Kier molecular flexibility index (Phi) is 3.54. The van der Waals surface area contributed by atoms with E-state index in [2.05, 4.69) is 47.5 Å². The Morgan fingerprint density at radius 3 is 2.53 bits per heavy atom. The van der Waals surface area contributed by atoms with Gasteiger partial charge >= 0.3 is 0 Å². The quantitative estimate of drug-likeness (QED) is 0.875. The van der Waals surface area contributed by atoms with Crippen LogP contribution in [0.3, 0.4) is 0 Å². The first-order valence-corrected chi connectivity index (χ1v) is 5.75. The summed E-state index contributed by atoms with van der Waals surface area (Å²) in [6.45, 7) is 4.98. The molecule has 0 unspecified atom stereocenters. The van der Waals surface area contributed by atoms with Gasteiger partial charge in [-0.25, -0.2) is 0 Å². The van der Waals surface area contributed by atoms with Crippen molar-refractivity contribution >= 4 is 0 Å². The van der Waals surface area contributed by atoms with Crippen molar-refractivity contribution in [2.45, 2.75) is 20.3 Å². The van der Waals surface area contributed by atoms with Crippen LogP contribution in [0.15, 0.2) is 22.7 Å². The van der Waals surface area contributed by atoms with Crippen molar-refractivity contribution in [3.8, 4) is 11.5 Å². The van der Waals surface area contributed by atoms with Crippen LogP contribution in [0.1, 0.15) is 17.0 Å². The van der Waals surface area contributed by atoms with Gasteiger partial charge in [0, 0.05) is 18.5 Å². The van der Waals surface area contributed by atoms with E-state index in [1.165, 1.54) is 11.1 Å². The molecule has 0 saturated heterocycles. The largest absolute Gasteiger partial charge is 0.334 e. The highest BCUT2D eigenvalue weighted by molar-refractivity contribution is 5.55. The van der Waals surface area contributed by atoms with E-state index in [1.54, 1.807) is 0 Å². The second-order valence-electron chi connectivity index (χ2n) is 4.25. The zero-order valence-corrected chi connectivity index (χ0v) is 10.4. The van der Waals surface area contributed by atoms with Crippen LogP contribution in [-0.2, 0) is 6.42 Å². The summed E-state index contributed by atoms with van der Waals surface area (Å²) in [5, 5.41) is 7.03. The summed E-state index contributed by atoms with van der Waals surface area (Å²) >= 11 is 0. The molecule has 0 aliphatic carbocycles. The first-order valence-electron chi connectivity index (χ1n) is 5.75. The van der Waals surface area contributed by atoms with Gasteiger partial charge in [-0.3, -0.25) is 0 Å². The predicted octanol–water partition coefficient (Wildman–Crippen LogP) is 2.12. The minimum atomic E-state index is 0.600. The van der Waals surface area contributed by atoms with Crippen LogP contribution in [-0.4, -0.2) is 23.7 Å². The fourth-order valence-electron chi connectivity index (χ4n) is 1.81. The summed E-state index contributed by atoms with van der Waals surface area (Å²) in [5.41, 5.74) is 3.40. The van der Waals surface area contributed by atoms with E-state index in [1.807, 2.05) is 7.05 Å². The highest BCUT2D eigenvalue weighted by Crippen LogP contribution is 2.20. The van der Waals surface area contributed by atoms with Gasteiger partial charge in [-0.05, 0) is 33.0 Å². The molecule has 0 radical (unpaired) electrons. The number of aromatic nitrogens is 2. The monoisotopic (exact) mass is 231 g/mol. The predicted molar refractivity (Wildman–Crippen MR) is 66.8 cm³/mol. The topological polar surface area (TPSA) is 51.0 Å². The minimum Gasteiger partial charge on any atom is -0.334 e. The number of aryl methyl sites for hydroxylation is 2. The number of benzene rings is 1. The molecular weight excluding hydrogens is 214 g/mol. The Balaban J connectivity index is 2.24. The smallest absolute Gasteiger partial charge is 0.257 e. The van der Waals surface area contributed by atoms with Gasteiger partial charge in [0.1, 0.15) is 0 Å². The number of rotatable bonds is 4. The van der Waals surface area contributed by atoms with Crippen molar-refractivity contribution in [3.63, 3.8) is 0 Å². The van der Waals surface area contributed by atoms with Crippen molar-refractivity contribution in [2.75, 3.05) is 13.6 Å².